The Morgan fingerprint density at radius 1 is 1.08 bits per heavy atom. The first kappa shape index (κ1) is 16.1. The van der Waals surface area contributed by atoms with Crippen LogP contribution in [-0.2, 0) is 0 Å². The van der Waals surface area contributed by atoms with Gasteiger partial charge in [0.05, 0.1) is 24.9 Å². The number of rotatable bonds is 4. The number of hydrogen-bond donors (Lipinski definition) is 1. The number of aromatic nitrogens is 1. The second-order valence-corrected chi connectivity index (χ2v) is 5.43. The highest BCUT2D eigenvalue weighted by Crippen LogP contribution is 2.36. The molecule has 1 aromatic heterocycles. The van der Waals surface area contributed by atoms with Gasteiger partial charge in [-0.1, -0.05) is 35.9 Å². The summed E-state index contributed by atoms with van der Waals surface area (Å²) in [6.07, 6.45) is 1.61. The van der Waals surface area contributed by atoms with E-state index >= 15 is 0 Å². The maximum Gasteiger partial charge on any atom is 0.275 e. The van der Waals surface area contributed by atoms with E-state index in [1.54, 1.807) is 18.3 Å². The monoisotopic (exact) mass is 342 g/mol. The molecule has 0 unspecified atom stereocenters. The van der Waals surface area contributed by atoms with E-state index in [0.717, 1.165) is 10.8 Å². The zero-order chi connectivity index (χ0) is 17.1. The number of pyridine rings is 1. The summed E-state index contributed by atoms with van der Waals surface area (Å²) < 4.78 is 10.5. The number of carbonyl (C=O) groups excluding carboxylic acids is 1. The molecule has 0 aliphatic carbocycles. The van der Waals surface area contributed by atoms with Crippen LogP contribution in [0.5, 0.6) is 11.5 Å². The predicted molar refractivity (Wildman–Crippen MR) is 94.3 cm³/mol. The maximum atomic E-state index is 12.7. The minimum atomic E-state index is -0.338. The van der Waals surface area contributed by atoms with Gasteiger partial charge in [-0.3, -0.25) is 9.78 Å². The second kappa shape index (κ2) is 6.76. The molecule has 24 heavy (non-hydrogen) atoms. The smallest absolute Gasteiger partial charge is 0.275 e. The van der Waals surface area contributed by atoms with Gasteiger partial charge >= 0.3 is 0 Å². The molecule has 0 aliphatic heterocycles. The van der Waals surface area contributed by atoms with Crippen molar-refractivity contribution in [2.24, 2.45) is 0 Å². The Morgan fingerprint density at radius 2 is 1.83 bits per heavy atom. The number of ether oxygens (including phenoxy) is 2. The molecule has 0 radical (unpaired) electrons. The fraction of sp³-hybridized carbons (Fsp3) is 0.111. The predicted octanol–water partition coefficient (Wildman–Crippen LogP) is 4.16. The highest BCUT2D eigenvalue weighted by molar-refractivity contribution is 6.32. The first-order valence-corrected chi connectivity index (χ1v) is 7.58. The van der Waals surface area contributed by atoms with Crippen LogP contribution in [-0.4, -0.2) is 25.1 Å². The first-order chi connectivity index (χ1) is 11.6. The van der Waals surface area contributed by atoms with Gasteiger partial charge in [-0.15, -0.1) is 0 Å². The average molecular weight is 343 g/mol. The van der Waals surface area contributed by atoms with Crippen LogP contribution < -0.4 is 14.8 Å². The van der Waals surface area contributed by atoms with Crippen molar-refractivity contribution in [3.8, 4) is 11.5 Å². The molecule has 0 saturated carbocycles. The van der Waals surface area contributed by atoms with Crippen LogP contribution in [0.4, 0.5) is 5.69 Å². The largest absolute Gasteiger partial charge is 0.495 e. The molecular weight excluding hydrogens is 328 g/mol. The minimum absolute atomic E-state index is 0.337. The molecule has 0 saturated heterocycles. The fourth-order valence-electron chi connectivity index (χ4n) is 2.44. The van der Waals surface area contributed by atoms with Crippen molar-refractivity contribution in [2.45, 2.75) is 0 Å². The fourth-order valence-corrected chi connectivity index (χ4v) is 2.67. The number of halogens is 1. The van der Waals surface area contributed by atoms with Crippen molar-refractivity contribution in [3.63, 3.8) is 0 Å². The highest BCUT2D eigenvalue weighted by atomic mass is 35.5. The zero-order valence-electron chi connectivity index (χ0n) is 13.2. The highest BCUT2D eigenvalue weighted by Gasteiger charge is 2.16. The van der Waals surface area contributed by atoms with Crippen molar-refractivity contribution >= 4 is 34.0 Å². The molecule has 0 atom stereocenters. The van der Waals surface area contributed by atoms with Gasteiger partial charge in [-0.05, 0) is 11.5 Å². The molecule has 5 nitrogen and oxygen atoms in total. The van der Waals surface area contributed by atoms with Gasteiger partial charge in [0.2, 0.25) is 0 Å². The van der Waals surface area contributed by atoms with Gasteiger partial charge in [0.1, 0.15) is 17.2 Å². The quantitative estimate of drug-likeness (QED) is 0.773. The molecule has 3 aromatic rings. The summed E-state index contributed by atoms with van der Waals surface area (Å²) in [5.74, 6) is 0.544. The lowest BCUT2D eigenvalue weighted by Crippen LogP contribution is -2.15. The Kier molecular flexibility index (Phi) is 4.53. The third-order valence-corrected chi connectivity index (χ3v) is 3.91. The van der Waals surface area contributed by atoms with Crippen molar-refractivity contribution in [3.05, 3.63) is 59.4 Å². The topological polar surface area (TPSA) is 60.5 Å². The number of anilines is 1. The molecule has 0 aliphatic rings. The standard InChI is InChI=1S/C18H15ClN2O3/c1-23-15-10-14(16(24-2)9-13(15)19)21-18(22)17-12-6-4-3-5-11(12)7-8-20-17/h3-10H,1-2H3,(H,21,22). The van der Waals surface area contributed by atoms with Gasteiger partial charge < -0.3 is 14.8 Å². The summed E-state index contributed by atoms with van der Waals surface area (Å²) in [5.41, 5.74) is 0.794. The number of nitrogens with zero attached hydrogens (tertiary/aromatic N) is 1. The molecule has 1 amide bonds. The van der Waals surface area contributed by atoms with Crippen LogP contribution in [0.15, 0.2) is 48.7 Å². The Balaban J connectivity index is 2.00. The van der Waals surface area contributed by atoms with Gasteiger partial charge in [0, 0.05) is 23.7 Å². The molecule has 2 aromatic carbocycles. The number of benzene rings is 2. The lowest BCUT2D eigenvalue weighted by molar-refractivity contribution is 0.102. The van der Waals surface area contributed by atoms with E-state index < -0.39 is 0 Å². The Hall–Kier alpha value is -2.79. The number of hydrogen-bond acceptors (Lipinski definition) is 4. The van der Waals surface area contributed by atoms with E-state index in [0.29, 0.717) is 27.9 Å². The number of amides is 1. The third kappa shape index (κ3) is 2.98. The molecule has 1 heterocycles. The van der Waals surface area contributed by atoms with E-state index in [-0.39, 0.29) is 5.91 Å². The van der Waals surface area contributed by atoms with E-state index in [9.17, 15) is 4.79 Å². The van der Waals surface area contributed by atoms with Crippen molar-refractivity contribution in [1.82, 2.24) is 4.98 Å². The van der Waals surface area contributed by atoms with Crippen LogP contribution in [0.3, 0.4) is 0 Å². The molecule has 0 bridgehead atoms. The van der Waals surface area contributed by atoms with Crippen molar-refractivity contribution < 1.29 is 14.3 Å². The Labute approximate surface area is 144 Å². The number of nitrogens with one attached hydrogen (secondary N) is 1. The van der Waals surface area contributed by atoms with Crippen LogP contribution in [0.1, 0.15) is 10.5 Å². The van der Waals surface area contributed by atoms with Gasteiger partial charge in [-0.2, -0.15) is 0 Å². The van der Waals surface area contributed by atoms with Crippen LogP contribution in [0.2, 0.25) is 5.02 Å². The van der Waals surface area contributed by atoms with Crippen molar-refractivity contribution in [2.75, 3.05) is 19.5 Å². The van der Waals surface area contributed by atoms with E-state index in [1.807, 2.05) is 30.3 Å². The van der Waals surface area contributed by atoms with Gasteiger partial charge in [0.25, 0.3) is 5.91 Å². The molecule has 1 N–H and O–H groups in total. The average Bonchev–Trinajstić information content (AvgIpc) is 2.62. The molecule has 3 rings (SSSR count). The van der Waals surface area contributed by atoms with Crippen LogP contribution in [0, 0.1) is 0 Å². The van der Waals surface area contributed by atoms with E-state index in [2.05, 4.69) is 10.3 Å². The number of methoxy groups -OCH3 is 2. The summed E-state index contributed by atoms with van der Waals surface area (Å²) in [6, 6.07) is 12.6. The summed E-state index contributed by atoms with van der Waals surface area (Å²) in [5, 5.41) is 4.92. The van der Waals surface area contributed by atoms with Gasteiger partial charge in [-0.25, -0.2) is 0 Å². The van der Waals surface area contributed by atoms with Crippen LogP contribution in [0.25, 0.3) is 10.8 Å². The van der Waals surface area contributed by atoms with Gasteiger partial charge in [0.15, 0.2) is 0 Å². The maximum absolute atomic E-state index is 12.7. The number of carbonyl (C=O) groups is 1. The molecule has 122 valence electrons. The SMILES string of the molecule is COc1cc(NC(=O)c2nccc3ccccc23)c(OC)cc1Cl. The normalized spacial score (nSPS) is 10.5. The molecular formula is C18H15ClN2O3. The minimum Gasteiger partial charge on any atom is -0.495 e. The lowest BCUT2D eigenvalue weighted by atomic mass is 10.1. The van der Waals surface area contributed by atoms with Crippen molar-refractivity contribution in [1.29, 1.82) is 0 Å². The molecule has 6 heteroatoms. The summed E-state index contributed by atoms with van der Waals surface area (Å²) in [6.45, 7) is 0. The summed E-state index contributed by atoms with van der Waals surface area (Å²) in [7, 11) is 3.01. The Bertz CT molecular complexity index is 907. The lowest BCUT2D eigenvalue weighted by Gasteiger charge is -2.13. The van der Waals surface area contributed by atoms with Crippen LogP contribution >= 0.6 is 11.6 Å². The van der Waals surface area contributed by atoms with E-state index in [4.69, 9.17) is 21.1 Å². The first-order valence-electron chi connectivity index (χ1n) is 7.20. The third-order valence-electron chi connectivity index (χ3n) is 3.61. The Morgan fingerprint density at radius 3 is 2.58 bits per heavy atom. The molecule has 0 fully saturated rings. The zero-order valence-corrected chi connectivity index (χ0v) is 13.9. The second-order valence-electron chi connectivity index (χ2n) is 5.02. The number of fused-ring (bicyclic) bond motifs is 1. The molecule has 0 spiro atoms. The summed E-state index contributed by atoms with van der Waals surface area (Å²) in [4.78, 5) is 16.9. The summed E-state index contributed by atoms with van der Waals surface area (Å²) >= 11 is 6.08. The van der Waals surface area contributed by atoms with E-state index in [1.165, 1.54) is 14.2 Å².